The second-order valence-corrected chi connectivity index (χ2v) is 7.55. The van der Waals surface area contributed by atoms with Gasteiger partial charge in [-0.05, 0) is 43.7 Å². The van der Waals surface area contributed by atoms with Crippen LogP contribution in [-0.4, -0.2) is 41.0 Å². The first kappa shape index (κ1) is 19.6. The van der Waals surface area contributed by atoms with Crippen molar-refractivity contribution in [2.75, 3.05) is 25.0 Å². The minimum atomic E-state index is -4.31. The lowest BCUT2D eigenvalue weighted by Gasteiger charge is -2.37. The average Bonchev–Trinajstić information content (AvgIpc) is 2.73. The number of rotatable bonds is 4. The Balaban J connectivity index is 1.41. The summed E-state index contributed by atoms with van der Waals surface area (Å²) in [6.07, 6.45) is -0.828. The Morgan fingerprint density at radius 1 is 1.03 bits per heavy atom. The van der Waals surface area contributed by atoms with Crippen molar-refractivity contribution in [2.24, 2.45) is 0 Å². The number of benzene rings is 2. The molecule has 0 bridgehead atoms. The van der Waals surface area contributed by atoms with Crippen LogP contribution in [0.5, 0.6) is 0 Å². The molecule has 29 heavy (non-hydrogen) atoms. The molecule has 0 amide bonds. The zero-order valence-corrected chi connectivity index (χ0v) is 16.2. The van der Waals surface area contributed by atoms with Crippen molar-refractivity contribution >= 4 is 16.7 Å². The molecule has 0 radical (unpaired) electrons. The maximum atomic E-state index is 12.9. The number of nitrogens with zero attached hydrogens (tertiary/aromatic N) is 4. The Hall–Kier alpha value is -2.67. The lowest BCUT2D eigenvalue weighted by molar-refractivity contribution is -0.137. The fourth-order valence-electron chi connectivity index (χ4n) is 4.02. The molecule has 1 aromatic heterocycles. The number of piperidine rings is 1. The van der Waals surface area contributed by atoms with Crippen molar-refractivity contribution in [3.63, 3.8) is 0 Å². The van der Waals surface area contributed by atoms with Gasteiger partial charge in [0.25, 0.3) is 0 Å². The van der Waals surface area contributed by atoms with Gasteiger partial charge in [-0.15, -0.1) is 0 Å². The SMILES string of the molecule is CN(Cc1cccc(C(F)(F)F)c1)C1CCN(c2ncnc3ccccc23)CC1. The highest BCUT2D eigenvalue weighted by atomic mass is 19.4. The van der Waals surface area contributed by atoms with E-state index >= 15 is 0 Å². The van der Waals surface area contributed by atoms with Gasteiger partial charge in [0.05, 0.1) is 11.1 Å². The molecule has 1 fully saturated rings. The molecular weight excluding hydrogens is 377 g/mol. The van der Waals surface area contributed by atoms with E-state index < -0.39 is 11.7 Å². The van der Waals surface area contributed by atoms with Crippen LogP contribution in [0.1, 0.15) is 24.0 Å². The van der Waals surface area contributed by atoms with Gasteiger partial charge < -0.3 is 4.90 Å². The van der Waals surface area contributed by atoms with Gasteiger partial charge >= 0.3 is 6.18 Å². The zero-order valence-electron chi connectivity index (χ0n) is 16.2. The summed E-state index contributed by atoms with van der Waals surface area (Å²) in [6.45, 7) is 2.22. The van der Waals surface area contributed by atoms with Crippen molar-refractivity contribution in [3.05, 3.63) is 66.0 Å². The Labute approximate surface area is 168 Å². The highest BCUT2D eigenvalue weighted by Crippen LogP contribution is 2.30. The molecule has 1 saturated heterocycles. The van der Waals surface area contributed by atoms with Crippen LogP contribution in [0.4, 0.5) is 19.0 Å². The lowest BCUT2D eigenvalue weighted by Crippen LogP contribution is -2.43. The molecule has 0 spiro atoms. The van der Waals surface area contributed by atoms with Crippen LogP contribution in [0.2, 0.25) is 0 Å². The first-order valence-electron chi connectivity index (χ1n) is 9.73. The number of halogens is 3. The van der Waals surface area contributed by atoms with Crippen LogP contribution in [0.25, 0.3) is 10.9 Å². The number of fused-ring (bicyclic) bond motifs is 1. The molecule has 2 heterocycles. The fraction of sp³-hybridized carbons (Fsp3) is 0.364. The fourth-order valence-corrected chi connectivity index (χ4v) is 4.02. The third-order valence-electron chi connectivity index (χ3n) is 5.60. The highest BCUT2D eigenvalue weighted by Gasteiger charge is 2.30. The number of anilines is 1. The van der Waals surface area contributed by atoms with E-state index in [0.29, 0.717) is 18.2 Å². The summed E-state index contributed by atoms with van der Waals surface area (Å²) in [5.41, 5.74) is 1.03. The molecule has 0 N–H and O–H groups in total. The van der Waals surface area contributed by atoms with Crippen molar-refractivity contribution < 1.29 is 13.2 Å². The summed E-state index contributed by atoms with van der Waals surface area (Å²) in [7, 11) is 1.99. The standard InChI is InChI=1S/C22H23F3N4/c1-28(14-16-5-4-6-17(13-16)22(23,24)25)18-9-11-29(12-10-18)21-19-7-2-3-8-20(19)26-15-27-21/h2-8,13,15,18H,9-12,14H2,1H3. The van der Waals surface area contributed by atoms with Gasteiger partial charge in [-0.3, -0.25) is 4.90 Å². The van der Waals surface area contributed by atoms with Crippen molar-refractivity contribution in [1.82, 2.24) is 14.9 Å². The van der Waals surface area contributed by atoms with Crippen LogP contribution < -0.4 is 4.90 Å². The maximum Gasteiger partial charge on any atom is 0.416 e. The van der Waals surface area contributed by atoms with E-state index in [2.05, 4.69) is 19.8 Å². The summed E-state index contributed by atoms with van der Waals surface area (Å²) in [6, 6.07) is 13.9. The van der Waals surface area contributed by atoms with Crippen molar-refractivity contribution in [3.8, 4) is 0 Å². The van der Waals surface area contributed by atoms with Gasteiger partial charge in [-0.25, -0.2) is 9.97 Å². The molecule has 0 atom stereocenters. The molecule has 1 aliphatic heterocycles. The second-order valence-electron chi connectivity index (χ2n) is 7.55. The number of hydrogen-bond donors (Lipinski definition) is 0. The van der Waals surface area contributed by atoms with Gasteiger partial charge in [0.15, 0.2) is 0 Å². The molecule has 152 valence electrons. The third-order valence-corrected chi connectivity index (χ3v) is 5.60. The van der Waals surface area contributed by atoms with Crippen LogP contribution in [0.3, 0.4) is 0 Å². The first-order chi connectivity index (χ1) is 13.9. The van der Waals surface area contributed by atoms with E-state index in [1.807, 2.05) is 31.3 Å². The number of para-hydroxylation sites is 1. The Morgan fingerprint density at radius 3 is 2.55 bits per heavy atom. The average molecular weight is 400 g/mol. The van der Waals surface area contributed by atoms with Crippen LogP contribution >= 0.6 is 0 Å². The molecule has 0 unspecified atom stereocenters. The molecule has 4 nitrogen and oxygen atoms in total. The minimum absolute atomic E-state index is 0.328. The van der Waals surface area contributed by atoms with E-state index in [-0.39, 0.29) is 0 Å². The van der Waals surface area contributed by atoms with Crippen LogP contribution in [-0.2, 0) is 12.7 Å². The summed E-state index contributed by atoms with van der Waals surface area (Å²) in [4.78, 5) is 13.3. The predicted octanol–water partition coefficient (Wildman–Crippen LogP) is 4.75. The summed E-state index contributed by atoms with van der Waals surface area (Å²) in [5.74, 6) is 0.953. The molecule has 3 aromatic rings. The summed E-state index contributed by atoms with van der Waals surface area (Å²) >= 11 is 0. The molecule has 1 aliphatic rings. The van der Waals surface area contributed by atoms with Gasteiger partial charge in [0, 0.05) is 31.1 Å². The highest BCUT2D eigenvalue weighted by molar-refractivity contribution is 5.89. The lowest BCUT2D eigenvalue weighted by atomic mass is 10.0. The summed E-state index contributed by atoms with van der Waals surface area (Å²) in [5, 5.41) is 1.05. The van der Waals surface area contributed by atoms with Crippen molar-refractivity contribution in [1.29, 1.82) is 0 Å². The normalized spacial score (nSPS) is 16.0. The Kier molecular flexibility index (Phi) is 5.41. The number of alkyl halides is 3. The summed E-state index contributed by atoms with van der Waals surface area (Å²) < 4.78 is 38.8. The molecule has 4 rings (SSSR count). The smallest absolute Gasteiger partial charge is 0.356 e. The minimum Gasteiger partial charge on any atom is -0.356 e. The van der Waals surface area contributed by atoms with Crippen LogP contribution in [0.15, 0.2) is 54.9 Å². The first-order valence-corrected chi connectivity index (χ1v) is 9.73. The number of hydrogen-bond acceptors (Lipinski definition) is 4. The molecule has 0 saturated carbocycles. The molecule has 2 aromatic carbocycles. The van der Waals surface area contributed by atoms with E-state index in [9.17, 15) is 13.2 Å². The third kappa shape index (κ3) is 4.34. The van der Waals surface area contributed by atoms with Gasteiger partial charge in [0.2, 0.25) is 0 Å². The van der Waals surface area contributed by atoms with Gasteiger partial charge in [0.1, 0.15) is 12.1 Å². The molecular formula is C22H23F3N4. The molecule has 0 aliphatic carbocycles. The predicted molar refractivity (Wildman–Crippen MR) is 108 cm³/mol. The number of aromatic nitrogens is 2. The van der Waals surface area contributed by atoms with Gasteiger partial charge in [-0.2, -0.15) is 13.2 Å². The molecule has 7 heteroatoms. The zero-order chi connectivity index (χ0) is 20.4. The maximum absolute atomic E-state index is 12.9. The largest absolute Gasteiger partial charge is 0.416 e. The van der Waals surface area contributed by atoms with Crippen molar-refractivity contribution in [2.45, 2.75) is 31.6 Å². The Bertz CT molecular complexity index is 976. The quantitative estimate of drug-likeness (QED) is 0.633. The topological polar surface area (TPSA) is 32.3 Å². The van der Waals surface area contributed by atoms with E-state index in [0.717, 1.165) is 48.7 Å². The van der Waals surface area contributed by atoms with E-state index in [1.54, 1.807) is 12.4 Å². The monoisotopic (exact) mass is 400 g/mol. The van der Waals surface area contributed by atoms with E-state index in [4.69, 9.17) is 0 Å². The second kappa shape index (κ2) is 7.99. The van der Waals surface area contributed by atoms with Crippen LogP contribution in [0, 0.1) is 0 Å². The van der Waals surface area contributed by atoms with Gasteiger partial charge in [-0.1, -0.05) is 30.3 Å². The Morgan fingerprint density at radius 2 is 1.79 bits per heavy atom. The van der Waals surface area contributed by atoms with E-state index in [1.165, 1.54) is 12.1 Å².